The summed E-state index contributed by atoms with van der Waals surface area (Å²) in [5.74, 6) is 0.517. The molecule has 0 amide bonds. The number of anilines is 1. The summed E-state index contributed by atoms with van der Waals surface area (Å²) in [7, 11) is 0. The maximum Gasteiger partial charge on any atom is 0.287 e. The fourth-order valence-corrected chi connectivity index (χ4v) is 1.75. The fraction of sp³-hybridized carbons (Fsp3) is 0.692. The lowest BCUT2D eigenvalue weighted by Crippen LogP contribution is -2.24. The van der Waals surface area contributed by atoms with E-state index >= 15 is 0 Å². The molecule has 0 spiro atoms. The number of nitrogens with one attached hydrogen (secondary N) is 1. The van der Waals surface area contributed by atoms with Crippen LogP contribution in [0.5, 0.6) is 0 Å². The molecule has 0 aliphatic carbocycles. The van der Waals surface area contributed by atoms with Gasteiger partial charge in [0.05, 0.1) is 18.5 Å². The van der Waals surface area contributed by atoms with Crippen LogP contribution < -0.4 is 10.9 Å². The normalized spacial score (nSPS) is 11.0. The highest BCUT2D eigenvalue weighted by molar-refractivity contribution is 6.32. The van der Waals surface area contributed by atoms with E-state index in [-0.39, 0.29) is 10.6 Å². The number of rotatable bonds is 8. The summed E-state index contributed by atoms with van der Waals surface area (Å²) in [5.41, 5.74) is 0.309. The van der Waals surface area contributed by atoms with E-state index in [0.29, 0.717) is 31.3 Å². The zero-order chi connectivity index (χ0) is 14.3. The zero-order valence-electron chi connectivity index (χ0n) is 11.8. The van der Waals surface area contributed by atoms with Crippen LogP contribution in [0.2, 0.25) is 5.02 Å². The minimum Gasteiger partial charge on any atom is -0.380 e. The first-order chi connectivity index (χ1) is 9.06. The van der Waals surface area contributed by atoms with Gasteiger partial charge < -0.3 is 10.1 Å². The number of nitrogens with zero attached hydrogens (tertiary/aromatic N) is 2. The summed E-state index contributed by atoms with van der Waals surface area (Å²) < 4.78 is 6.82. The smallest absolute Gasteiger partial charge is 0.287 e. The second-order valence-electron chi connectivity index (χ2n) is 4.80. The Labute approximate surface area is 118 Å². The first kappa shape index (κ1) is 16.0. The summed E-state index contributed by atoms with van der Waals surface area (Å²) in [6.07, 6.45) is 2.43. The van der Waals surface area contributed by atoms with E-state index in [1.54, 1.807) is 6.20 Å². The quantitative estimate of drug-likeness (QED) is 0.746. The van der Waals surface area contributed by atoms with Crippen LogP contribution in [0.25, 0.3) is 0 Å². The number of aromatic nitrogens is 2. The van der Waals surface area contributed by atoms with Crippen molar-refractivity contribution in [2.24, 2.45) is 5.92 Å². The predicted octanol–water partition coefficient (Wildman–Crippen LogP) is 2.39. The summed E-state index contributed by atoms with van der Waals surface area (Å²) >= 11 is 6.02. The van der Waals surface area contributed by atoms with Crippen molar-refractivity contribution in [1.29, 1.82) is 0 Å². The molecule has 0 saturated heterocycles. The van der Waals surface area contributed by atoms with Crippen molar-refractivity contribution in [3.8, 4) is 0 Å². The molecule has 6 heteroatoms. The first-order valence-electron chi connectivity index (χ1n) is 6.63. The van der Waals surface area contributed by atoms with Crippen LogP contribution in [0, 0.1) is 5.92 Å². The Balaban J connectivity index is 2.51. The number of aryl methyl sites for hydroxylation is 1. The highest BCUT2D eigenvalue weighted by Crippen LogP contribution is 2.14. The van der Waals surface area contributed by atoms with Gasteiger partial charge in [-0.3, -0.25) is 4.79 Å². The molecule has 0 saturated carbocycles. The van der Waals surface area contributed by atoms with Gasteiger partial charge in [-0.15, -0.1) is 0 Å². The summed E-state index contributed by atoms with van der Waals surface area (Å²) in [5, 5.41) is 7.32. The van der Waals surface area contributed by atoms with E-state index in [1.165, 1.54) is 4.68 Å². The van der Waals surface area contributed by atoms with Gasteiger partial charge in [-0.05, 0) is 12.3 Å². The van der Waals surface area contributed by atoms with E-state index in [9.17, 15) is 4.79 Å². The average Bonchev–Trinajstić information content (AvgIpc) is 2.37. The molecule has 0 radical (unpaired) electrons. The van der Waals surface area contributed by atoms with Gasteiger partial charge in [0.25, 0.3) is 5.56 Å². The van der Waals surface area contributed by atoms with Crippen LogP contribution in [-0.2, 0) is 11.3 Å². The fourth-order valence-electron chi connectivity index (χ4n) is 1.54. The largest absolute Gasteiger partial charge is 0.380 e. The van der Waals surface area contributed by atoms with Crippen molar-refractivity contribution in [3.63, 3.8) is 0 Å². The van der Waals surface area contributed by atoms with Crippen LogP contribution in [0.1, 0.15) is 27.2 Å². The Bertz CT molecular complexity index is 446. The van der Waals surface area contributed by atoms with Gasteiger partial charge in [-0.1, -0.05) is 32.4 Å². The number of halogens is 1. The van der Waals surface area contributed by atoms with Gasteiger partial charge >= 0.3 is 0 Å². The van der Waals surface area contributed by atoms with Crippen molar-refractivity contribution in [2.45, 2.75) is 33.7 Å². The van der Waals surface area contributed by atoms with Crippen LogP contribution in [0.15, 0.2) is 11.0 Å². The summed E-state index contributed by atoms with van der Waals surface area (Å²) in [6, 6.07) is 0. The lowest BCUT2D eigenvalue weighted by molar-refractivity contribution is 0.118. The molecule has 0 bridgehead atoms. The Hall–Kier alpha value is -1.07. The van der Waals surface area contributed by atoms with Gasteiger partial charge in [0, 0.05) is 19.7 Å². The SMILES string of the molecule is CCCn1ncc(NCCOCC(C)C)c(Cl)c1=O. The lowest BCUT2D eigenvalue weighted by Gasteiger charge is -2.11. The van der Waals surface area contributed by atoms with Gasteiger partial charge in [0.15, 0.2) is 0 Å². The Kier molecular flexibility index (Phi) is 6.87. The van der Waals surface area contributed by atoms with Gasteiger partial charge in [-0.2, -0.15) is 5.10 Å². The third-order valence-electron chi connectivity index (χ3n) is 2.43. The van der Waals surface area contributed by atoms with E-state index in [0.717, 1.165) is 13.0 Å². The monoisotopic (exact) mass is 287 g/mol. The highest BCUT2D eigenvalue weighted by atomic mass is 35.5. The highest BCUT2D eigenvalue weighted by Gasteiger charge is 2.08. The maximum atomic E-state index is 11.9. The second kappa shape index (κ2) is 8.17. The molecular weight excluding hydrogens is 266 g/mol. The van der Waals surface area contributed by atoms with E-state index in [2.05, 4.69) is 24.3 Å². The van der Waals surface area contributed by atoms with Crippen molar-refractivity contribution in [1.82, 2.24) is 9.78 Å². The third-order valence-corrected chi connectivity index (χ3v) is 2.80. The van der Waals surface area contributed by atoms with Crippen LogP contribution in [0.3, 0.4) is 0 Å². The van der Waals surface area contributed by atoms with Gasteiger partial charge in [-0.25, -0.2) is 4.68 Å². The van der Waals surface area contributed by atoms with Crippen molar-refractivity contribution in [2.75, 3.05) is 25.1 Å². The van der Waals surface area contributed by atoms with E-state index in [4.69, 9.17) is 16.3 Å². The minimum atomic E-state index is -0.253. The molecule has 0 aliphatic rings. The topological polar surface area (TPSA) is 56.1 Å². The van der Waals surface area contributed by atoms with Crippen LogP contribution >= 0.6 is 11.6 Å². The van der Waals surface area contributed by atoms with Crippen molar-refractivity contribution >= 4 is 17.3 Å². The lowest BCUT2D eigenvalue weighted by atomic mass is 10.2. The molecule has 0 aromatic carbocycles. The number of hydrogen-bond donors (Lipinski definition) is 1. The van der Waals surface area contributed by atoms with Gasteiger partial charge in [0.2, 0.25) is 0 Å². The Morgan fingerprint density at radius 2 is 2.26 bits per heavy atom. The molecule has 1 rings (SSSR count). The van der Waals surface area contributed by atoms with E-state index in [1.807, 2.05) is 6.92 Å². The molecule has 1 heterocycles. The standard InChI is InChI=1S/C13H22ClN3O2/c1-4-6-17-13(18)12(14)11(8-16-17)15-5-7-19-9-10(2)3/h8,10,15H,4-7,9H2,1-3H3. The molecule has 5 nitrogen and oxygen atoms in total. The molecule has 1 aromatic heterocycles. The van der Waals surface area contributed by atoms with Crippen LogP contribution in [-0.4, -0.2) is 29.5 Å². The van der Waals surface area contributed by atoms with Crippen LogP contribution in [0.4, 0.5) is 5.69 Å². The molecule has 0 unspecified atom stereocenters. The molecule has 1 aromatic rings. The zero-order valence-corrected chi connectivity index (χ0v) is 12.5. The molecular formula is C13H22ClN3O2. The predicted molar refractivity (Wildman–Crippen MR) is 77.9 cm³/mol. The van der Waals surface area contributed by atoms with E-state index < -0.39 is 0 Å². The molecule has 1 N–H and O–H groups in total. The first-order valence-corrected chi connectivity index (χ1v) is 7.01. The third kappa shape index (κ3) is 5.20. The summed E-state index contributed by atoms with van der Waals surface area (Å²) in [4.78, 5) is 11.9. The maximum absolute atomic E-state index is 11.9. The molecule has 19 heavy (non-hydrogen) atoms. The molecule has 0 fully saturated rings. The molecule has 0 atom stereocenters. The summed E-state index contributed by atoms with van der Waals surface area (Å²) in [6.45, 7) is 8.67. The van der Waals surface area contributed by atoms with Crippen molar-refractivity contribution in [3.05, 3.63) is 21.6 Å². The Morgan fingerprint density at radius 3 is 2.89 bits per heavy atom. The minimum absolute atomic E-state index is 0.187. The average molecular weight is 288 g/mol. The number of ether oxygens (including phenoxy) is 1. The van der Waals surface area contributed by atoms with Crippen molar-refractivity contribution < 1.29 is 4.74 Å². The van der Waals surface area contributed by atoms with Gasteiger partial charge in [0.1, 0.15) is 5.02 Å². The molecule has 0 aliphatic heterocycles. The number of hydrogen-bond acceptors (Lipinski definition) is 4. The molecule has 108 valence electrons. The Morgan fingerprint density at radius 1 is 1.53 bits per heavy atom. The second-order valence-corrected chi connectivity index (χ2v) is 5.17.